The van der Waals surface area contributed by atoms with Crippen molar-refractivity contribution in [3.8, 4) is 11.8 Å². The Kier molecular flexibility index (Phi) is 2.61. The van der Waals surface area contributed by atoms with Gasteiger partial charge in [-0.1, -0.05) is 24.3 Å². The Morgan fingerprint density at radius 3 is 2.56 bits per heavy atom. The van der Waals surface area contributed by atoms with Gasteiger partial charge in [0, 0.05) is 11.5 Å². The molecule has 4 nitrogen and oxygen atoms in total. The van der Waals surface area contributed by atoms with Crippen LogP contribution >= 0.6 is 0 Å². The van der Waals surface area contributed by atoms with Crippen molar-refractivity contribution in [1.82, 2.24) is 0 Å². The number of hydrogen-bond acceptors (Lipinski definition) is 3. The number of carbonyl (C=O) groups is 1. The number of alkyl halides is 2. The predicted octanol–water partition coefficient (Wildman–Crippen LogP) is 0.645. The van der Waals surface area contributed by atoms with Gasteiger partial charge < -0.3 is 15.3 Å². The number of carboxylic acid groups (broad SMARTS) is 1. The third-order valence-corrected chi connectivity index (χ3v) is 2.82. The fourth-order valence-corrected chi connectivity index (χ4v) is 1.93. The van der Waals surface area contributed by atoms with E-state index in [2.05, 4.69) is 0 Å². The summed E-state index contributed by atoms with van der Waals surface area (Å²) in [6.07, 6.45) is -2.22. The molecule has 1 aromatic carbocycles. The Morgan fingerprint density at radius 2 is 1.94 bits per heavy atom. The lowest BCUT2D eigenvalue weighted by molar-refractivity contribution is -0.197. The Bertz CT molecular complexity index is 573. The van der Waals surface area contributed by atoms with Crippen LogP contribution in [0.3, 0.4) is 0 Å². The molecule has 18 heavy (non-hydrogen) atoms. The zero-order chi connectivity index (χ0) is 13.6. The van der Waals surface area contributed by atoms with Gasteiger partial charge in [0.25, 0.3) is 0 Å². The van der Waals surface area contributed by atoms with Gasteiger partial charge in [0.2, 0.25) is 5.60 Å². The maximum Gasteiger partial charge on any atom is 0.382 e. The highest BCUT2D eigenvalue weighted by atomic mass is 19.3. The summed E-state index contributed by atoms with van der Waals surface area (Å²) in [5.74, 6) is -2.51. The molecule has 3 N–H and O–H groups in total. The van der Waals surface area contributed by atoms with E-state index in [0.717, 1.165) is 0 Å². The average molecular weight is 254 g/mol. The summed E-state index contributed by atoms with van der Waals surface area (Å²) in [6, 6.07) is 5.22. The van der Waals surface area contributed by atoms with E-state index in [1.165, 1.54) is 30.2 Å². The molecule has 0 saturated carbocycles. The maximum atomic E-state index is 13.8. The van der Waals surface area contributed by atoms with Crippen LogP contribution in [0.15, 0.2) is 24.3 Å². The SMILES string of the molecule is O=C(O)C#C[C@@]1(O)c2ccccc2[C@@H](O)C1(F)F. The minimum Gasteiger partial charge on any atom is -0.472 e. The van der Waals surface area contributed by atoms with Gasteiger partial charge in [-0.05, 0) is 11.5 Å². The monoisotopic (exact) mass is 254 g/mol. The second kappa shape index (κ2) is 3.77. The Hall–Kier alpha value is -1.97. The Balaban J connectivity index is 2.67. The molecule has 1 aliphatic carbocycles. The highest BCUT2D eigenvalue weighted by Crippen LogP contribution is 2.53. The van der Waals surface area contributed by atoms with E-state index in [0.29, 0.717) is 0 Å². The summed E-state index contributed by atoms with van der Waals surface area (Å²) in [7, 11) is 0. The van der Waals surface area contributed by atoms with Crippen molar-refractivity contribution in [2.24, 2.45) is 0 Å². The second-order valence-electron chi connectivity index (χ2n) is 3.88. The molecule has 0 fully saturated rings. The van der Waals surface area contributed by atoms with E-state index in [1.54, 1.807) is 5.92 Å². The molecule has 0 heterocycles. The fourth-order valence-electron chi connectivity index (χ4n) is 1.93. The van der Waals surface area contributed by atoms with Gasteiger partial charge in [-0.2, -0.15) is 8.78 Å². The topological polar surface area (TPSA) is 77.8 Å². The lowest BCUT2D eigenvalue weighted by atomic mass is 9.94. The lowest BCUT2D eigenvalue weighted by Gasteiger charge is -2.26. The molecule has 0 spiro atoms. The highest BCUT2D eigenvalue weighted by molar-refractivity contribution is 5.87. The number of carboxylic acids is 1. The number of aliphatic carboxylic acids is 1. The Labute approximate surface area is 100 Å². The largest absolute Gasteiger partial charge is 0.472 e. The first-order valence-corrected chi connectivity index (χ1v) is 4.94. The predicted molar refractivity (Wildman–Crippen MR) is 55.7 cm³/mol. The molecule has 0 amide bonds. The zero-order valence-electron chi connectivity index (χ0n) is 8.89. The summed E-state index contributed by atoms with van der Waals surface area (Å²) in [5.41, 5.74) is -3.44. The average Bonchev–Trinajstić information content (AvgIpc) is 2.48. The fraction of sp³-hybridized carbons (Fsp3) is 0.250. The van der Waals surface area contributed by atoms with E-state index < -0.39 is 23.6 Å². The molecule has 2 atom stereocenters. The number of benzene rings is 1. The molecule has 6 heteroatoms. The van der Waals surface area contributed by atoms with Gasteiger partial charge in [0.1, 0.15) is 6.10 Å². The van der Waals surface area contributed by atoms with E-state index in [1.807, 2.05) is 0 Å². The molecular formula is C12H8F2O4. The number of fused-ring (bicyclic) bond motifs is 1. The van der Waals surface area contributed by atoms with Gasteiger partial charge >= 0.3 is 11.9 Å². The van der Waals surface area contributed by atoms with Gasteiger partial charge in [0.15, 0.2) is 0 Å². The number of aliphatic hydroxyl groups is 2. The number of hydrogen-bond donors (Lipinski definition) is 3. The molecule has 0 saturated heterocycles. The molecule has 1 aliphatic rings. The van der Waals surface area contributed by atoms with Crippen LogP contribution in [0.5, 0.6) is 0 Å². The van der Waals surface area contributed by atoms with Crippen molar-refractivity contribution in [2.45, 2.75) is 17.6 Å². The van der Waals surface area contributed by atoms with Crippen LogP contribution < -0.4 is 0 Å². The molecule has 0 unspecified atom stereocenters. The standard InChI is InChI=1S/C12H8F2O4/c13-12(14)10(17)7-3-1-2-4-8(7)11(12,18)6-5-9(15)16/h1-4,10,17-18H,(H,15,16)/t10-,11-/m1/s1. The van der Waals surface area contributed by atoms with Crippen molar-refractivity contribution in [2.75, 3.05) is 0 Å². The molecule has 0 radical (unpaired) electrons. The van der Waals surface area contributed by atoms with E-state index in [-0.39, 0.29) is 11.1 Å². The minimum absolute atomic E-state index is 0.162. The first-order chi connectivity index (χ1) is 8.30. The van der Waals surface area contributed by atoms with Crippen molar-refractivity contribution in [1.29, 1.82) is 0 Å². The maximum absolute atomic E-state index is 13.8. The van der Waals surface area contributed by atoms with Crippen LogP contribution in [0.4, 0.5) is 8.78 Å². The summed E-state index contributed by atoms with van der Waals surface area (Å²) in [5, 5.41) is 27.8. The number of halogens is 2. The van der Waals surface area contributed by atoms with E-state index >= 15 is 0 Å². The summed E-state index contributed by atoms with van der Waals surface area (Å²) >= 11 is 0. The van der Waals surface area contributed by atoms with Gasteiger partial charge in [-0.15, -0.1) is 0 Å². The quantitative estimate of drug-likeness (QED) is 0.594. The Morgan fingerprint density at radius 1 is 1.33 bits per heavy atom. The van der Waals surface area contributed by atoms with E-state index in [9.17, 15) is 23.8 Å². The van der Waals surface area contributed by atoms with Crippen molar-refractivity contribution < 1.29 is 28.9 Å². The molecule has 1 aromatic rings. The van der Waals surface area contributed by atoms with Crippen LogP contribution in [0.2, 0.25) is 0 Å². The molecule has 0 aromatic heterocycles. The molecule has 94 valence electrons. The van der Waals surface area contributed by atoms with E-state index in [4.69, 9.17) is 5.11 Å². The number of aliphatic hydroxyl groups excluding tert-OH is 1. The first-order valence-electron chi connectivity index (χ1n) is 4.94. The van der Waals surface area contributed by atoms with Crippen LogP contribution in [-0.4, -0.2) is 27.2 Å². The third kappa shape index (κ3) is 1.49. The minimum atomic E-state index is -3.97. The second-order valence-corrected chi connectivity index (χ2v) is 3.88. The third-order valence-electron chi connectivity index (χ3n) is 2.82. The summed E-state index contributed by atoms with van der Waals surface area (Å²) < 4.78 is 27.7. The molecular weight excluding hydrogens is 246 g/mol. The lowest BCUT2D eigenvalue weighted by Crippen LogP contribution is -2.42. The molecule has 0 aliphatic heterocycles. The number of rotatable bonds is 0. The smallest absolute Gasteiger partial charge is 0.382 e. The van der Waals surface area contributed by atoms with Crippen molar-refractivity contribution >= 4 is 5.97 Å². The molecule has 0 bridgehead atoms. The first kappa shape index (κ1) is 12.5. The normalized spacial score (nSPS) is 28.1. The van der Waals surface area contributed by atoms with Crippen LogP contribution in [0.25, 0.3) is 0 Å². The zero-order valence-corrected chi connectivity index (χ0v) is 8.89. The van der Waals surface area contributed by atoms with Crippen molar-refractivity contribution in [3.05, 3.63) is 35.4 Å². The van der Waals surface area contributed by atoms with Crippen LogP contribution in [0, 0.1) is 11.8 Å². The van der Waals surface area contributed by atoms with Crippen LogP contribution in [0.1, 0.15) is 17.2 Å². The summed E-state index contributed by atoms with van der Waals surface area (Å²) in [4.78, 5) is 10.3. The molecule has 2 rings (SSSR count). The highest BCUT2D eigenvalue weighted by Gasteiger charge is 2.65. The van der Waals surface area contributed by atoms with Crippen LogP contribution in [-0.2, 0) is 10.4 Å². The summed E-state index contributed by atoms with van der Waals surface area (Å²) in [6.45, 7) is 0. The van der Waals surface area contributed by atoms with Crippen molar-refractivity contribution in [3.63, 3.8) is 0 Å². The van der Waals surface area contributed by atoms with Gasteiger partial charge in [-0.3, -0.25) is 0 Å². The van der Waals surface area contributed by atoms with Gasteiger partial charge in [0.05, 0.1) is 0 Å². The van der Waals surface area contributed by atoms with Gasteiger partial charge in [-0.25, -0.2) is 4.79 Å².